The van der Waals surface area contributed by atoms with Gasteiger partial charge in [-0.05, 0) is 23.8 Å². The molecule has 0 bridgehead atoms. The Kier molecular flexibility index (Phi) is 6.41. The SMILES string of the molecule is O=C(CN1CCN(S(=O)(=O)Cc2ccccc2)CC1)Nc1ccc2nc(C(F)(F)F)[nH]c2c1. The van der Waals surface area contributed by atoms with Crippen molar-refractivity contribution >= 4 is 32.7 Å². The zero-order valence-corrected chi connectivity index (χ0v) is 18.3. The predicted octanol–water partition coefficient (Wildman–Crippen LogP) is 2.67. The molecule has 176 valence electrons. The number of aromatic amines is 1. The summed E-state index contributed by atoms with van der Waals surface area (Å²) in [5.41, 5.74) is 1.37. The van der Waals surface area contributed by atoms with Crippen LogP contribution in [0.25, 0.3) is 11.0 Å². The average molecular weight is 482 g/mol. The van der Waals surface area contributed by atoms with Crippen LogP contribution in [-0.2, 0) is 26.7 Å². The van der Waals surface area contributed by atoms with E-state index < -0.39 is 22.0 Å². The number of anilines is 1. The van der Waals surface area contributed by atoms with Crippen LogP contribution in [0.2, 0.25) is 0 Å². The molecule has 8 nitrogen and oxygen atoms in total. The summed E-state index contributed by atoms with van der Waals surface area (Å²) in [6, 6.07) is 13.2. The van der Waals surface area contributed by atoms with Crippen molar-refractivity contribution in [2.75, 3.05) is 38.0 Å². The van der Waals surface area contributed by atoms with Crippen molar-refractivity contribution in [3.05, 3.63) is 59.9 Å². The van der Waals surface area contributed by atoms with Crippen LogP contribution >= 0.6 is 0 Å². The van der Waals surface area contributed by atoms with Gasteiger partial charge >= 0.3 is 6.18 Å². The van der Waals surface area contributed by atoms with E-state index in [9.17, 15) is 26.4 Å². The Morgan fingerprint density at radius 3 is 2.42 bits per heavy atom. The van der Waals surface area contributed by atoms with E-state index >= 15 is 0 Å². The molecule has 1 saturated heterocycles. The van der Waals surface area contributed by atoms with Crippen LogP contribution in [0.5, 0.6) is 0 Å². The fraction of sp³-hybridized carbons (Fsp3) is 0.333. The van der Waals surface area contributed by atoms with Crippen LogP contribution in [0, 0.1) is 0 Å². The van der Waals surface area contributed by atoms with Gasteiger partial charge in [-0.15, -0.1) is 0 Å². The number of halogens is 3. The van der Waals surface area contributed by atoms with Gasteiger partial charge in [0.25, 0.3) is 0 Å². The number of amides is 1. The number of carbonyl (C=O) groups is 1. The summed E-state index contributed by atoms with van der Waals surface area (Å²) in [6.45, 7) is 1.40. The molecule has 1 fully saturated rings. The van der Waals surface area contributed by atoms with Crippen LogP contribution in [0.3, 0.4) is 0 Å². The molecule has 1 aliphatic rings. The Balaban J connectivity index is 1.30. The first-order valence-electron chi connectivity index (χ1n) is 10.2. The van der Waals surface area contributed by atoms with E-state index in [0.717, 1.165) is 5.56 Å². The van der Waals surface area contributed by atoms with Crippen molar-refractivity contribution in [3.8, 4) is 0 Å². The highest BCUT2D eigenvalue weighted by Crippen LogP contribution is 2.29. The summed E-state index contributed by atoms with van der Waals surface area (Å²) >= 11 is 0. The van der Waals surface area contributed by atoms with Gasteiger partial charge in [0.1, 0.15) is 0 Å². The minimum Gasteiger partial charge on any atom is -0.334 e. The van der Waals surface area contributed by atoms with Gasteiger partial charge in [-0.1, -0.05) is 30.3 Å². The van der Waals surface area contributed by atoms with Crippen molar-refractivity contribution in [2.45, 2.75) is 11.9 Å². The molecule has 0 unspecified atom stereocenters. The number of imidazole rings is 1. The third-order valence-corrected chi connectivity index (χ3v) is 7.17. The minimum atomic E-state index is -4.58. The lowest BCUT2D eigenvalue weighted by Crippen LogP contribution is -2.50. The Morgan fingerprint density at radius 2 is 1.76 bits per heavy atom. The number of aromatic nitrogens is 2. The molecule has 1 aromatic heterocycles. The smallest absolute Gasteiger partial charge is 0.334 e. The Hall–Kier alpha value is -2.96. The summed E-state index contributed by atoms with van der Waals surface area (Å²) < 4.78 is 65.1. The fourth-order valence-electron chi connectivity index (χ4n) is 3.67. The number of benzene rings is 2. The standard InChI is InChI=1S/C21H22F3N5O3S/c22-21(23,24)20-26-17-7-6-16(12-18(17)27-20)25-19(30)13-28-8-10-29(11-9-28)33(31,32)14-15-4-2-1-3-5-15/h1-7,12H,8-11,13-14H2,(H,25,30)(H,26,27). The highest BCUT2D eigenvalue weighted by atomic mass is 32.2. The van der Waals surface area contributed by atoms with Gasteiger partial charge in [-0.25, -0.2) is 13.4 Å². The number of hydrogen-bond donors (Lipinski definition) is 2. The van der Waals surface area contributed by atoms with Crippen molar-refractivity contribution in [1.82, 2.24) is 19.2 Å². The first-order chi connectivity index (χ1) is 15.6. The minimum absolute atomic E-state index is 0.0430. The molecule has 0 aliphatic carbocycles. The van der Waals surface area contributed by atoms with Gasteiger partial charge in [0.2, 0.25) is 21.8 Å². The van der Waals surface area contributed by atoms with E-state index in [2.05, 4.69) is 15.3 Å². The largest absolute Gasteiger partial charge is 0.449 e. The highest BCUT2D eigenvalue weighted by molar-refractivity contribution is 7.88. The van der Waals surface area contributed by atoms with Gasteiger partial charge in [0, 0.05) is 31.9 Å². The predicted molar refractivity (Wildman–Crippen MR) is 117 cm³/mol. The first kappa shape index (κ1) is 23.2. The van der Waals surface area contributed by atoms with Gasteiger partial charge in [0.15, 0.2) is 0 Å². The lowest BCUT2D eigenvalue weighted by molar-refractivity contribution is -0.144. The van der Waals surface area contributed by atoms with Crippen molar-refractivity contribution < 1.29 is 26.4 Å². The molecule has 33 heavy (non-hydrogen) atoms. The van der Waals surface area contributed by atoms with E-state index in [0.29, 0.717) is 18.8 Å². The van der Waals surface area contributed by atoms with E-state index in [4.69, 9.17) is 0 Å². The van der Waals surface area contributed by atoms with E-state index in [-0.39, 0.29) is 42.3 Å². The van der Waals surface area contributed by atoms with Gasteiger partial charge in [-0.3, -0.25) is 9.69 Å². The third-order valence-electron chi connectivity index (χ3n) is 5.32. The Labute approximate surface area is 188 Å². The van der Waals surface area contributed by atoms with Crippen molar-refractivity contribution in [2.24, 2.45) is 0 Å². The lowest BCUT2D eigenvalue weighted by atomic mass is 10.2. The molecule has 0 radical (unpaired) electrons. The number of carbonyl (C=O) groups excluding carboxylic acids is 1. The maximum Gasteiger partial charge on any atom is 0.449 e. The monoisotopic (exact) mass is 481 g/mol. The number of sulfonamides is 1. The molecule has 1 amide bonds. The number of nitrogens with zero attached hydrogens (tertiary/aromatic N) is 3. The second-order valence-corrected chi connectivity index (χ2v) is 9.75. The zero-order valence-electron chi connectivity index (χ0n) is 17.5. The maximum absolute atomic E-state index is 12.8. The fourth-order valence-corrected chi connectivity index (χ4v) is 5.18. The van der Waals surface area contributed by atoms with Crippen LogP contribution in [-0.4, -0.2) is 66.2 Å². The first-order valence-corrected chi connectivity index (χ1v) is 11.8. The number of piperazine rings is 1. The van der Waals surface area contributed by atoms with Crippen LogP contribution in [0.1, 0.15) is 11.4 Å². The van der Waals surface area contributed by atoms with Gasteiger partial charge in [-0.2, -0.15) is 17.5 Å². The van der Waals surface area contributed by atoms with Gasteiger partial charge < -0.3 is 10.3 Å². The summed E-state index contributed by atoms with van der Waals surface area (Å²) in [5.74, 6) is -1.51. The number of hydrogen-bond acceptors (Lipinski definition) is 5. The summed E-state index contributed by atoms with van der Waals surface area (Å²) in [5, 5.41) is 2.66. The number of alkyl halides is 3. The number of H-pyrrole nitrogens is 1. The molecule has 2 aromatic carbocycles. The van der Waals surface area contributed by atoms with Crippen LogP contribution < -0.4 is 5.32 Å². The van der Waals surface area contributed by atoms with Crippen LogP contribution in [0.4, 0.5) is 18.9 Å². The molecule has 3 aromatic rings. The van der Waals surface area contributed by atoms with Crippen molar-refractivity contribution in [1.29, 1.82) is 0 Å². The zero-order chi connectivity index (χ0) is 23.6. The summed E-state index contributed by atoms with van der Waals surface area (Å²) in [7, 11) is -3.45. The highest BCUT2D eigenvalue weighted by Gasteiger charge is 2.34. The number of fused-ring (bicyclic) bond motifs is 1. The molecular formula is C21H22F3N5O3S. The molecule has 2 heterocycles. The number of nitrogens with one attached hydrogen (secondary N) is 2. The summed E-state index contributed by atoms with van der Waals surface area (Å²) in [6.07, 6.45) is -4.58. The van der Waals surface area contributed by atoms with Crippen molar-refractivity contribution in [3.63, 3.8) is 0 Å². The Bertz CT molecular complexity index is 1240. The molecule has 0 atom stereocenters. The molecule has 0 spiro atoms. The lowest BCUT2D eigenvalue weighted by Gasteiger charge is -2.33. The van der Waals surface area contributed by atoms with Crippen LogP contribution in [0.15, 0.2) is 48.5 Å². The molecule has 0 saturated carbocycles. The Morgan fingerprint density at radius 1 is 1.06 bits per heavy atom. The number of rotatable bonds is 6. The molecule has 4 rings (SSSR count). The second kappa shape index (κ2) is 9.12. The molecule has 12 heteroatoms. The maximum atomic E-state index is 12.8. The van der Waals surface area contributed by atoms with E-state index in [1.807, 2.05) is 11.0 Å². The molecular weight excluding hydrogens is 459 g/mol. The van der Waals surface area contributed by atoms with E-state index in [1.165, 1.54) is 22.5 Å². The second-order valence-electron chi connectivity index (χ2n) is 7.78. The normalized spacial score (nSPS) is 16.2. The quantitative estimate of drug-likeness (QED) is 0.564. The molecule has 2 N–H and O–H groups in total. The summed E-state index contributed by atoms with van der Waals surface area (Å²) in [4.78, 5) is 19.9. The van der Waals surface area contributed by atoms with E-state index in [1.54, 1.807) is 24.3 Å². The molecule has 1 aliphatic heterocycles. The average Bonchev–Trinajstić information content (AvgIpc) is 3.18. The topological polar surface area (TPSA) is 98.4 Å². The van der Waals surface area contributed by atoms with Gasteiger partial charge in [0.05, 0.1) is 23.3 Å². The third kappa shape index (κ3) is 5.70.